The second-order valence-electron chi connectivity index (χ2n) is 6.70. The lowest BCUT2D eigenvalue weighted by Crippen LogP contribution is -2.35. The highest BCUT2D eigenvalue weighted by atomic mass is 16.5. The van der Waals surface area contributed by atoms with E-state index in [1.807, 2.05) is 60.7 Å². The summed E-state index contributed by atoms with van der Waals surface area (Å²) < 4.78 is 21.8. The zero-order valence-electron chi connectivity index (χ0n) is 16.8. The van der Waals surface area contributed by atoms with E-state index < -0.39 is 6.10 Å². The van der Waals surface area contributed by atoms with E-state index >= 15 is 0 Å². The minimum atomic E-state index is -0.665. The summed E-state index contributed by atoms with van der Waals surface area (Å²) >= 11 is 0. The number of hydrogen-bond donors (Lipinski definition) is 1. The molecule has 29 heavy (non-hydrogen) atoms. The monoisotopic (exact) mass is 397 g/mol. The predicted octanol–water partition coefficient (Wildman–Crippen LogP) is 3.74. The van der Waals surface area contributed by atoms with Crippen molar-refractivity contribution >= 4 is 0 Å². The van der Waals surface area contributed by atoms with Crippen LogP contribution in [0.2, 0.25) is 0 Å². The maximum atomic E-state index is 10.6. The average molecular weight is 397 g/mol. The highest BCUT2D eigenvalue weighted by Gasteiger charge is 2.16. The van der Waals surface area contributed by atoms with Crippen LogP contribution in [0.4, 0.5) is 0 Å². The number of furan rings is 1. The van der Waals surface area contributed by atoms with Crippen LogP contribution in [0.1, 0.15) is 11.3 Å². The Bertz CT molecular complexity index is 848. The van der Waals surface area contributed by atoms with Crippen LogP contribution in [-0.4, -0.2) is 43.5 Å². The first-order valence-electron chi connectivity index (χ1n) is 9.49. The second-order valence-corrected chi connectivity index (χ2v) is 6.70. The molecule has 0 spiro atoms. The zero-order valence-corrected chi connectivity index (χ0v) is 16.8. The van der Waals surface area contributed by atoms with Gasteiger partial charge in [-0.1, -0.05) is 18.2 Å². The topological polar surface area (TPSA) is 64.3 Å². The number of aliphatic hydroxyl groups excluding tert-OH is 1. The van der Waals surface area contributed by atoms with E-state index in [2.05, 4.69) is 4.90 Å². The van der Waals surface area contributed by atoms with Crippen molar-refractivity contribution in [2.45, 2.75) is 19.2 Å². The summed E-state index contributed by atoms with van der Waals surface area (Å²) in [7, 11) is 3.28. The molecule has 6 nitrogen and oxygen atoms in total. The number of ether oxygens (including phenoxy) is 3. The first kappa shape index (κ1) is 20.8. The predicted molar refractivity (Wildman–Crippen MR) is 110 cm³/mol. The van der Waals surface area contributed by atoms with Gasteiger partial charge in [0.05, 0.1) is 27.0 Å². The van der Waals surface area contributed by atoms with Gasteiger partial charge in [0.15, 0.2) is 0 Å². The number of benzene rings is 2. The Balaban J connectivity index is 1.62. The first-order valence-corrected chi connectivity index (χ1v) is 9.49. The van der Waals surface area contributed by atoms with E-state index in [9.17, 15) is 5.11 Å². The Morgan fingerprint density at radius 2 is 1.66 bits per heavy atom. The molecular formula is C23H27NO5. The van der Waals surface area contributed by atoms with Crippen LogP contribution in [0.3, 0.4) is 0 Å². The summed E-state index contributed by atoms with van der Waals surface area (Å²) in [6, 6.07) is 19.0. The molecule has 0 aliphatic rings. The maximum absolute atomic E-state index is 10.6. The molecule has 0 bridgehead atoms. The fraction of sp³-hybridized carbons (Fsp3) is 0.304. The molecule has 0 aliphatic carbocycles. The standard InChI is InChI=1S/C23H27NO5/c1-26-20-9-11-21(12-10-20)29-17-19(25)15-24(16-22-7-5-13-28-22)14-18-6-3-4-8-23(18)27-2/h3-13,19,25H,14-17H2,1-2H3. The van der Waals surface area contributed by atoms with Crippen molar-refractivity contribution < 1.29 is 23.7 Å². The van der Waals surface area contributed by atoms with Gasteiger partial charge < -0.3 is 23.7 Å². The number of rotatable bonds is 11. The molecule has 1 unspecified atom stereocenters. The van der Waals surface area contributed by atoms with Crippen LogP contribution in [0.5, 0.6) is 17.2 Å². The van der Waals surface area contributed by atoms with Gasteiger partial charge in [-0.2, -0.15) is 0 Å². The molecule has 0 fully saturated rings. The molecule has 0 radical (unpaired) electrons. The van der Waals surface area contributed by atoms with Crippen molar-refractivity contribution in [1.29, 1.82) is 0 Å². The number of nitrogens with zero attached hydrogens (tertiary/aromatic N) is 1. The Morgan fingerprint density at radius 1 is 0.897 bits per heavy atom. The molecule has 3 rings (SSSR count). The lowest BCUT2D eigenvalue weighted by molar-refractivity contribution is 0.0602. The summed E-state index contributed by atoms with van der Waals surface area (Å²) in [5.41, 5.74) is 1.05. The summed E-state index contributed by atoms with van der Waals surface area (Å²) in [5.74, 6) is 3.11. The summed E-state index contributed by atoms with van der Waals surface area (Å²) in [6.45, 7) is 1.80. The van der Waals surface area contributed by atoms with E-state index in [0.29, 0.717) is 25.4 Å². The smallest absolute Gasteiger partial charge is 0.123 e. The van der Waals surface area contributed by atoms with Gasteiger partial charge in [-0.25, -0.2) is 0 Å². The third kappa shape index (κ3) is 6.27. The molecule has 1 aromatic heterocycles. The van der Waals surface area contributed by atoms with Gasteiger partial charge in [0.25, 0.3) is 0 Å². The summed E-state index contributed by atoms with van der Waals surface area (Å²) in [5, 5.41) is 10.6. The normalized spacial score (nSPS) is 12.0. The SMILES string of the molecule is COc1ccc(OCC(O)CN(Cc2ccco2)Cc2ccccc2OC)cc1. The van der Waals surface area contributed by atoms with Crippen LogP contribution in [0.15, 0.2) is 71.3 Å². The maximum Gasteiger partial charge on any atom is 0.123 e. The Kier molecular flexibility index (Phi) is 7.55. The number of hydrogen-bond acceptors (Lipinski definition) is 6. The van der Waals surface area contributed by atoms with Gasteiger partial charge in [-0.15, -0.1) is 0 Å². The van der Waals surface area contributed by atoms with Crippen LogP contribution in [0, 0.1) is 0 Å². The van der Waals surface area contributed by atoms with Crippen molar-refractivity contribution in [2.75, 3.05) is 27.4 Å². The number of para-hydroxylation sites is 1. The Morgan fingerprint density at radius 3 is 2.34 bits per heavy atom. The highest BCUT2D eigenvalue weighted by molar-refractivity contribution is 5.33. The summed E-state index contributed by atoms with van der Waals surface area (Å²) in [4.78, 5) is 2.11. The minimum absolute atomic E-state index is 0.187. The summed E-state index contributed by atoms with van der Waals surface area (Å²) in [6.07, 6.45) is 0.988. The Hall–Kier alpha value is -2.96. The molecule has 3 aromatic rings. The quantitative estimate of drug-likeness (QED) is 0.532. The third-order valence-corrected chi connectivity index (χ3v) is 4.52. The third-order valence-electron chi connectivity index (χ3n) is 4.52. The molecule has 6 heteroatoms. The molecule has 1 N–H and O–H groups in total. The second kappa shape index (κ2) is 10.5. The van der Waals surface area contributed by atoms with E-state index in [1.165, 1.54) is 0 Å². The van der Waals surface area contributed by atoms with Crippen molar-refractivity contribution in [3.05, 3.63) is 78.3 Å². The van der Waals surface area contributed by atoms with Crippen LogP contribution in [0.25, 0.3) is 0 Å². The van der Waals surface area contributed by atoms with Gasteiger partial charge in [0, 0.05) is 18.7 Å². The molecule has 0 saturated carbocycles. The molecule has 0 amide bonds. The highest BCUT2D eigenvalue weighted by Crippen LogP contribution is 2.21. The first-order chi connectivity index (χ1) is 14.2. The lowest BCUT2D eigenvalue weighted by atomic mass is 10.1. The minimum Gasteiger partial charge on any atom is -0.497 e. The van der Waals surface area contributed by atoms with Gasteiger partial charge in [0.1, 0.15) is 35.7 Å². The fourth-order valence-electron chi connectivity index (χ4n) is 3.10. The van der Waals surface area contributed by atoms with Gasteiger partial charge in [-0.3, -0.25) is 4.90 Å². The molecule has 1 heterocycles. The molecule has 0 saturated heterocycles. The largest absolute Gasteiger partial charge is 0.497 e. The fourth-order valence-corrected chi connectivity index (χ4v) is 3.10. The van der Waals surface area contributed by atoms with Crippen molar-refractivity contribution in [3.63, 3.8) is 0 Å². The van der Waals surface area contributed by atoms with Crippen molar-refractivity contribution in [3.8, 4) is 17.2 Å². The van der Waals surface area contributed by atoms with Crippen molar-refractivity contribution in [1.82, 2.24) is 4.90 Å². The molecular weight excluding hydrogens is 370 g/mol. The van der Waals surface area contributed by atoms with Gasteiger partial charge in [-0.05, 0) is 42.5 Å². The van der Waals surface area contributed by atoms with E-state index in [1.54, 1.807) is 20.5 Å². The van der Waals surface area contributed by atoms with Gasteiger partial charge in [0.2, 0.25) is 0 Å². The van der Waals surface area contributed by atoms with Crippen LogP contribution < -0.4 is 14.2 Å². The molecule has 0 aliphatic heterocycles. The number of aliphatic hydroxyl groups is 1. The van der Waals surface area contributed by atoms with E-state index in [-0.39, 0.29) is 6.61 Å². The van der Waals surface area contributed by atoms with E-state index in [4.69, 9.17) is 18.6 Å². The molecule has 2 aromatic carbocycles. The average Bonchev–Trinajstić information content (AvgIpc) is 3.26. The van der Waals surface area contributed by atoms with Crippen LogP contribution >= 0.6 is 0 Å². The molecule has 154 valence electrons. The van der Waals surface area contributed by atoms with E-state index in [0.717, 1.165) is 22.8 Å². The zero-order chi connectivity index (χ0) is 20.5. The Labute approximate surface area is 171 Å². The van der Waals surface area contributed by atoms with Crippen LogP contribution in [-0.2, 0) is 13.1 Å². The number of methoxy groups -OCH3 is 2. The molecule has 1 atom stereocenters. The van der Waals surface area contributed by atoms with Gasteiger partial charge >= 0.3 is 0 Å². The van der Waals surface area contributed by atoms with Crippen molar-refractivity contribution in [2.24, 2.45) is 0 Å². The lowest BCUT2D eigenvalue weighted by Gasteiger charge is -2.25.